The van der Waals surface area contributed by atoms with Crippen LogP contribution in [0.4, 0.5) is 20.3 Å². The van der Waals surface area contributed by atoms with Gasteiger partial charge in [-0.25, -0.2) is 24.3 Å². The van der Waals surface area contributed by atoms with Gasteiger partial charge in [-0.05, 0) is 56.1 Å². The summed E-state index contributed by atoms with van der Waals surface area (Å²) in [5, 5.41) is 6.01. The molecule has 3 aromatic heterocycles. The van der Waals surface area contributed by atoms with Gasteiger partial charge in [-0.1, -0.05) is 13.3 Å². The molecular weight excluding hydrogens is 586 g/mol. The van der Waals surface area contributed by atoms with Gasteiger partial charge >= 0.3 is 6.01 Å². The van der Waals surface area contributed by atoms with Gasteiger partial charge in [0.1, 0.15) is 0 Å². The summed E-state index contributed by atoms with van der Waals surface area (Å²) in [5.74, 6) is -2.64. The number of nitrogens with zero attached hydrogens (tertiary/aromatic N) is 5. The number of nitrogens with two attached hydrogens (primary N) is 1. The molecule has 45 heavy (non-hydrogen) atoms. The second-order valence-corrected chi connectivity index (χ2v) is 9.75. The Bertz CT molecular complexity index is 1820. The maximum Gasteiger partial charge on any atom is 0.321 e. The van der Waals surface area contributed by atoms with Crippen molar-refractivity contribution in [3.63, 3.8) is 0 Å². The average Bonchev–Trinajstić information content (AvgIpc) is 3.49. The minimum atomic E-state index is -1.22. The number of carbonyl (C=O) groups is 2. The number of rotatable bonds is 14. The normalized spacial score (nSPS) is 10.9. The number of fused-ring (bicyclic) bond motifs is 1. The monoisotopic (exact) mass is 616 g/mol. The predicted molar refractivity (Wildman–Crippen MR) is 161 cm³/mol. The number of amides is 1. The van der Waals surface area contributed by atoms with Gasteiger partial charge in [-0.15, -0.1) is 0 Å². The number of halogens is 2. The lowest BCUT2D eigenvalue weighted by atomic mass is 10.0. The fourth-order valence-corrected chi connectivity index (χ4v) is 4.80. The summed E-state index contributed by atoms with van der Waals surface area (Å²) < 4.78 is 42.5. The fourth-order valence-electron chi connectivity index (χ4n) is 4.80. The molecule has 3 heterocycles. The molecule has 2 aromatic carbocycles. The first-order chi connectivity index (χ1) is 22.0. The van der Waals surface area contributed by atoms with Crippen LogP contribution in [0.2, 0.25) is 0 Å². The SMILES string of the molecule is CCc1c(C(=O)NCCCCCN)ccc(Nc2nccn3c(-c4ccc(Oc5ncccn5)c(F)c4F)cnc23)c1OC=O. The highest BCUT2D eigenvalue weighted by Crippen LogP contribution is 2.36. The van der Waals surface area contributed by atoms with Crippen LogP contribution in [0.3, 0.4) is 0 Å². The minimum absolute atomic E-state index is 0.0740. The van der Waals surface area contributed by atoms with Crippen molar-refractivity contribution in [2.24, 2.45) is 5.73 Å². The van der Waals surface area contributed by atoms with Crippen LogP contribution in [0, 0.1) is 11.6 Å². The van der Waals surface area contributed by atoms with Crippen molar-refractivity contribution < 1.29 is 27.8 Å². The highest BCUT2D eigenvalue weighted by atomic mass is 19.2. The number of benzene rings is 2. The lowest BCUT2D eigenvalue weighted by molar-refractivity contribution is -0.120. The van der Waals surface area contributed by atoms with Gasteiger partial charge in [0.15, 0.2) is 28.8 Å². The average molecular weight is 617 g/mol. The highest BCUT2D eigenvalue weighted by molar-refractivity contribution is 5.97. The molecule has 0 radical (unpaired) electrons. The molecule has 4 N–H and O–H groups in total. The number of unbranched alkanes of at least 4 members (excludes halogenated alkanes) is 2. The Labute approximate surface area is 256 Å². The van der Waals surface area contributed by atoms with E-state index in [2.05, 4.69) is 30.6 Å². The molecule has 0 aliphatic rings. The Morgan fingerprint density at radius 2 is 1.84 bits per heavy atom. The summed E-state index contributed by atoms with van der Waals surface area (Å²) in [4.78, 5) is 40.9. The van der Waals surface area contributed by atoms with E-state index in [1.807, 2.05) is 6.92 Å². The zero-order chi connectivity index (χ0) is 31.8. The molecule has 5 aromatic rings. The number of anilines is 2. The standard InChI is InChI=1S/C31H30F2N8O4/c1-2-19-20(30(43)36-12-5-3-4-11-34)7-9-22(27(19)44-18-42)40-28-29-39-17-23(41(29)16-15-35-28)21-8-10-24(26(33)25(21)32)45-31-37-13-6-14-38-31/h6-10,13-18H,2-5,11-12,34H2,1H3,(H,35,40)(H,36,43). The van der Waals surface area contributed by atoms with E-state index in [4.69, 9.17) is 15.2 Å². The summed E-state index contributed by atoms with van der Waals surface area (Å²) in [6.07, 6.45) is 10.2. The molecule has 0 atom stereocenters. The molecule has 0 aliphatic carbocycles. The van der Waals surface area contributed by atoms with Gasteiger partial charge in [0.25, 0.3) is 12.4 Å². The number of hydrogen-bond donors (Lipinski definition) is 3. The quantitative estimate of drug-likeness (QED) is 0.115. The summed E-state index contributed by atoms with van der Waals surface area (Å²) in [6, 6.07) is 7.30. The van der Waals surface area contributed by atoms with E-state index in [1.54, 1.807) is 24.4 Å². The second kappa shape index (κ2) is 14.3. The van der Waals surface area contributed by atoms with Crippen LogP contribution in [0.5, 0.6) is 17.5 Å². The van der Waals surface area contributed by atoms with Gasteiger partial charge in [-0.3, -0.25) is 14.0 Å². The topological polar surface area (TPSA) is 159 Å². The zero-order valence-corrected chi connectivity index (χ0v) is 24.3. The fraction of sp³-hybridized carbons (Fsp3) is 0.226. The van der Waals surface area contributed by atoms with Gasteiger partial charge < -0.3 is 25.8 Å². The smallest absolute Gasteiger partial charge is 0.321 e. The van der Waals surface area contributed by atoms with Gasteiger partial charge in [-0.2, -0.15) is 4.39 Å². The van der Waals surface area contributed by atoms with E-state index < -0.39 is 11.6 Å². The number of nitrogens with one attached hydrogen (secondary N) is 2. The first kappa shape index (κ1) is 30.9. The van der Waals surface area contributed by atoms with Crippen molar-refractivity contribution in [2.75, 3.05) is 18.4 Å². The van der Waals surface area contributed by atoms with E-state index in [1.165, 1.54) is 41.3 Å². The third kappa shape index (κ3) is 6.70. The van der Waals surface area contributed by atoms with Crippen molar-refractivity contribution in [3.05, 3.63) is 84.1 Å². The van der Waals surface area contributed by atoms with Crippen molar-refractivity contribution in [2.45, 2.75) is 32.6 Å². The zero-order valence-electron chi connectivity index (χ0n) is 24.3. The third-order valence-electron chi connectivity index (χ3n) is 6.94. The first-order valence-electron chi connectivity index (χ1n) is 14.2. The maximum absolute atomic E-state index is 15.3. The van der Waals surface area contributed by atoms with Crippen LogP contribution >= 0.6 is 0 Å². The van der Waals surface area contributed by atoms with E-state index in [0.29, 0.717) is 36.3 Å². The summed E-state index contributed by atoms with van der Waals surface area (Å²) in [5.41, 5.74) is 7.22. The van der Waals surface area contributed by atoms with E-state index in [-0.39, 0.29) is 52.6 Å². The Morgan fingerprint density at radius 3 is 2.60 bits per heavy atom. The Hall–Kier alpha value is -5.50. The van der Waals surface area contributed by atoms with E-state index in [9.17, 15) is 9.59 Å². The molecule has 0 saturated heterocycles. The van der Waals surface area contributed by atoms with E-state index >= 15 is 8.78 Å². The largest absolute Gasteiger partial charge is 0.426 e. The number of ether oxygens (including phenoxy) is 2. The minimum Gasteiger partial charge on any atom is -0.426 e. The molecule has 1 amide bonds. The third-order valence-corrected chi connectivity index (χ3v) is 6.94. The van der Waals surface area contributed by atoms with E-state index in [0.717, 1.165) is 19.3 Å². The number of aromatic nitrogens is 5. The molecule has 0 bridgehead atoms. The van der Waals surface area contributed by atoms with Crippen LogP contribution in [0.15, 0.2) is 61.3 Å². The van der Waals surface area contributed by atoms with Crippen LogP contribution in [0.1, 0.15) is 42.1 Å². The molecule has 232 valence electrons. The van der Waals surface area contributed by atoms with Crippen molar-refractivity contribution in [1.82, 2.24) is 29.7 Å². The molecule has 0 fully saturated rings. The van der Waals surface area contributed by atoms with Crippen LogP contribution in [-0.2, 0) is 11.2 Å². The summed E-state index contributed by atoms with van der Waals surface area (Å²) >= 11 is 0. The summed E-state index contributed by atoms with van der Waals surface area (Å²) in [6.45, 7) is 3.21. The number of hydrogen-bond acceptors (Lipinski definition) is 10. The van der Waals surface area contributed by atoms with Crippen molar-refractivity contribution in [1.29, 1.82) is 0 Å². The van der Waals surface area contributed by atoms with Gasteiger partial charge in [0.05, 0.1) is 17.6 Å². The van der Waals surface area contributed by atoms with Crippen LogP contribution < -0.4 is 25.8 Å². The predicted octanol–water partition coefficient (Wildman–Crippen LogP) is 4.96. The molecule has 0 unspecified atom stereocenters. The Morgan fingerprint density at radius 1 is 1.02 bits per heavy atom. The van der Waals surface area contributed by atoms with Crippen LogP contribution in [0.25, 0.3) is 16.9 Å². The molecule has 12 nitrogen and oxygen atoms in total. The highest BCUT2D eigenvalue weighted by Gasteiger charge is 2.22. The Balaban J connectivity index is 1.44. The Kier molecular flexibility index (Phi) is 9.84. The lowest BCUT2D eigenvalue weighted by Crippen LogP contribution is -2.26. The first-order valence-corrected chi connectivity index (χ1v) is 14.2. The van der Waals surface area contributed by atoms with Gasteiger partial charge in [0.2, 0.25) is 5.82 Å². The summed E-state index contributed by atoms with van der Waals surface area (Å²) in [7, 11) is 0. The van der Waals surface area contributed by atoms with Crippen molar-refractivity contribution >= 4 is 29.5 Å². The molecule has 14 heteroatoms. The maximum atomic E-state index is 15.3. The number of carbonyl (C=O) groups excluding carboxylic acids is 2. The van der Waals surface area contributed by atoms with Gasteiger partial charge in [0, 0.05) is 48.0 Å². The molecular formula is C31H30F2N8O4. The second-order valence-electron chi connectivity index (χ2n) is 9.75. The molecule has 0 spiro atoms. The number of imidazole rings is 1. The molecule has 5 rings (SSSR count). The molecule has 0 saturated carbocycles. The van der Waals surface area contributed by atoms with Crippen molar-refractivity contribution in [3.8, 4) is 28.8 Å². The molecule has 0 aliphatic heterocycles. The lowest BCUT2D eigenvalue weighted by Gasteiger charge is -2.17. The van der Waals surface area contributed by atoms with Crippen LogP contribution in [-0.4, -0.2) is 49.8 Å².